The molecule has 1 aliphatic heterocycles. The van der Waals surface area contributed by atoms with Gasteiger partial charge in [-0.1, -0.05) is 54.6 Å². The Labute approximate surface area is 238 Å². The molecule has 0 saturated carbocycles. The van der Waals surface area contributed by atoms with Crippen LogP contribution in [0, 0.1) is 0 Å². The van der Waals surface area contributed by atoms with Gasteiger partial charge in [0, 0.05) is 25.0 Å². The van der Waals surface area contributed by atoms with E-state index < -0.39 is 11.6 Å². The molecule has 1 saturated heterocycles. The molecule has 2 aliphatic rings. The molecule has 0 aromatic heterocycles. The number of likely N-dealkylation sites (tertiary alicyclic amines) is 1. The lowest BCUT2D eigenvalue weighted by atomic mass is 9.73. The number of hydrogen-bond acceptors (Lipinski definition) is 4. The van der Waals surface area contributed by atoms with E-state index in [0.29, 0.717) is 26.1 Å². The number of nitrogens with zero attached hydrogens (tertiary/aromatic N) is 1. The molecule has 1 fully saturated rings. The van der Waals surface area contributed by atoms with Gasteiger partial charge in [0.2, 0.25) is 17.7 Å². The molecule has 1 heterocycles. The first kappa shape index (κ1) is 30.6. The molecule has 1 spiro atoms. The lowest BCUT2D eigenvalue weighted by molar-refractivity contribution is -0.139. The molecule has 2 aromatic rings. The van der Waals surface area contributed by atoms with E-state index in [1.165, 1.54) is 11.1 Å². The molecule has 8 heteroatoms. The predicted molar refractivity (Wildman–Crippen MR) is 157 cm³/mol. The number of fused-ring (bicyclic) bond motifs is 2. The SMILES string of the molecule is CCNC(=O)[C@H]1CC2(CCN(C(=O)[C@@H](CCCc3ccccc3)NC(=O)C(C)(C)N)CC2)c2ccccc21.Cl. The summed E-state index contributed by atoms with van der Waals surface area (Å²) in [4.78, 5) is 41.2. The highest BCUT2D eigenvalue weighted by molar-refractivity contribution is 5.91. The second-order valence-corrected chi connectivity index (χ2v) is 11.5. The lowest BCUT2D eigenvalue weighted by Crippen LogP contribution is -2.57. The summed E-state index contributed by atoms with van der Waals surface area (Å²) in [5, 5.41) is 5.94. The first-order valence-corrected chi connectivity index (χ1v) is 13.9. The number of piperidine rings is 1. The highest BCUT2D eigenvalue weighted by Crippen LogP contribution is 2.51. The second kappa shape index (κ2) is 13.0. The number of amides is 3. The van der Waals surface area contributed by atoms with E-state index in [-0.39, 0.29) is 41.5 Å². The number of benzene rings is 2. The quantitative estimate of drug-likeness (QED) is 0.438. The Morgan fingerprint density at radius 2 is 1.69 bits per heavy atom. The van der Waals surface area contributed by atoms with Gasteiger partial charge in [0.15, 0.2) is 0 Å². The molecular formula is C31H43ClN4O3. The van der Waals surface area contributed by atoms with E-state index in [2.05, 4.69) is 34.9 Å². The van der Waals surface area contributed by atoms with Crippen LogP contribution >= 0.6 is 12.4 Å². The van der Waals surface area contributed by atoms with E-state index in [4.69, 9.17) is 5.73 Å². The third-order valence-corrected chi connectivity index (χ3v) is 8.19. The average molecular weight is 555 g/mol. The maximum absolute atomic E-state index is 13.7. The van der Waals surface area contributed by atoms with Gasteiger partial charge in [-0.05, 0) is 76.0 Å². The average Bonchev–Trinajstić information content (AvgIpc) is 3.22. The number of halogens is 1. The molecule has 39 heavy (non-hydrogen) atoms. The van der Waals surface area contributed by atoms with E-state index >= 15 is 0 Å². The maximum atomic E-state index is 13.7. The zero-order chi connectivity index (χ0) is 27.3. The summed E-state index contributed by atoms with van der Waals surface area (Å²) < 4.78 is 0. The van der Waals surface area contributed by atoms with Gasteiger partial charge < -0.3 is 21.3 Å². The first-order valence-electron chi connectivity index (χ1n) is 13.9. The molecule has 4 N–H and O–H groups in total. The summed E-state index contributed by atoms with van der Waals surface area (Å²) in [6.07, 6.45) is 4.56. The van der Waals surface area contributed by atoms with Crippen molar-refractivity contribution >= 4 is 30.1 Å². The highest BCUT2D eigenvalue weighted by Gasteiger charge is 2.48. The van der Waals surface area contributed by atoms with Crippen LogP contribution in [0.1, 0.15) is 75.5 Å². The summed E-state index contributed by atoms with van der Waals surface area (Å²) >= 11 is 0. The van der Waals surface area contributed by atoms with Gasteiger partial charge in [-0.25, -0.2) is 0 Å². The van der Waals surface area contributed by atoms with E-state index in [1.54, 1.807) is 13.8 Å². The number of rotatable bonds is 9. The van der Waals surface area contributed by atoms with Gasteiger partial charge in [-0.3, -0.25) is 14.4 Å². The van der Waals surface area contributed by atoms with Crippen LogP contribution in [-0.4, -0.2) is 53.8 Å². The fourth-order valence-corrected chi connectivity index (χ4v) is 6.03. The summed E-state index contributed by atoms with van der Waals surface area (Å²) in [6.45, 7) is 7.07. The molecular weight excluding hydrogens is 512 g/mol. The number of aryl methyl sites for hydroxylation is 1. The summed E-state index contributed by atoms with van der Waals surface area (Å²) in [6, 6.07) is 17.8. The molecule has 4 rings (SSSR count). The molecule has 212 valence electrons. The van der Waals surface area contributed by atoms with Crippen molar-refractivity contribution in [2.24, 2.45) is 5.73 Å². The Kier molecular flexibility index (Phi) is 10.2. The number of nitrogens with two attached hydrogens (primary N) is 1. The summed E-state index contributed by atoms with van der Waals surface area (Å²) in [7, 11) is 0. The van der Waals surface area contributed by atoms with Crippen molar-refractivity contribution in [1.82, 2.24) is 15.5 Å². The lowest BCUT2D eigenvalue weighted by Gasteiger charge is -2.41. The van der Waals surface area contributed by atoms with Crippen LogP contribution in [0.15, 0.2) is 54.6 Å². The minimum Gasteiger partial charge on any atom is -0.356 e. The highest BCUT2D eigenvalue weighted by atomic mass is 35.5. The van der Waals surface area contributed by atoms with Crippen LogP contribution in [0.4, 0.5) is 0 Å². The smallest absolute Gasteiger partial charge is 0.245 e. The van der Waals surface area contributed by atoms with E-state index in [1.807, 2.05) is 42.2 Å². The first-order chi connectivity index (χ1) is 18.1. The third-order valence-electron chi connectivity index (χ3n) is 8.19. The van der Waals surface area contributed by atoms with Gasteiger partial charge in [-0.2, -0.15) is 0 Å². The monoisotopic (exact) mass is 554 g/mol. The zero-order valence-corrected chi connectivity index (χ0v) is 24.2. The molecule has 2 atom stereocenters. The van der Waals surface area contributed by atoms with Gasteiger partial charge in [-0.15, -0.1) is 12.4 Å². The van der Waals surface area contributed by atoms with Gasteiger partial charge >= 0.3 is 0 Å². The Morgan fingerprint density at radius 3 is 2.33 bits per heavy atom. The van der Waals surface area contributed by atoms with Crippen molar-refractivity contribution in [3.8, 4) is 0 Å². The van der Waals surface area contributed by atoms with E-state index in [0.717, 1.165) is 37.7 Å². The third kappa shape index (κ3) is 7.00. The minimum absolute atomic E-state index is 0. The minimum atomic E-state index is -1.06. The van der Waals surface area contributed by atoms with Crippen LogP contribution in [0.3, 0.4) is 0 Å². The van der Waals surface area contributed by atoms with Crippen molar-refractivity contribution in [2.75, 3.05) is 19.6 Å². The summed E-state index contributed by atoms with van der Waals surface area (Å²) in [5.74, 6) is -0.429. The van der Waals surface area contributed by atoms with Crippen LogP contribution in [0.2, 0.25) is 0 Å². The van der Waals surface area contributed by atoms with Crippen LogP contribution in [0.5, 0.6) is 0 Å². The largest absolute Gasteiger partial charge is 0.356 e. The predicted octanol–water partition coefficient (Wildman–Crippen LogP) is 3.84. The van der Waals surface area contributed by atoms with Crippen molar-refractivity contribution in [3.63, 3.8) is 0 Å². The van der Waals surface area contributed by atoms with Crippen LogP contribution in [-0.2, 0) is 26.2 Å². The van der Waals surface area contributed by atoms with Crippen molar-refractivity contribution in [2.45, 2.75) is 82.2 Å². The molecule has 2 aromatic carbocycles. The Morgan fingerprint density at radius 1 is 1.05 bits per heavy atom. The Balaban J connectivity index is 0.00000420. The van der Waals surface area contributed by atoms with Crippen LogP contribution in [0.25, 0.3) is 0 Å². The topological polar surface area (TPSA) is 105 Å². The standard InChI is InChI=1S/C31H42N4O3.ClH/c1-4-33-27(36)24-21-31(25-15-9-8-14-23(24)25)17-19-35(20-18-31)28(37)26(34-29(38)30(2,3)32)16-10-13-22-11-6-5-7-12-22;/h5-9,11-12,14-15,24,26H,4,10,13,16-21,32H2,1-3H3,(H,33,36)(H,34,38);1H/t24-,26+;/m0./s1. The zero-order valence-electron chi connectivity index (χ0n) is 23.4. The van der Waals surface area contributed by atoms with Gasteiger partial charge in [0.05, 0.1) is 11.5 Å². The summed E-state index contributed by atoms with van der Waals surface area (Å²) in [5.41, 5.74) is 8.46. The number of carbonyl (C=O) groups excluding carboxylic acids is 3. The molecule has 3 amide bonds. The Hall–Kier alpha value is -2.90. The number of nitrogens with one attached hydrogen (secondary N) is 2. The fraction of sp³-hybridized carbons (Fsp3) is 0.516. The molecule has 7 nitrogen and oxygen atoms in total. The maximum Gasteiger partial charge on any atom is 0.245 e. The molecule has 1 aliphatic carbocycles. The van der Waals surface area contributed by atoms with Crippen molar-refractivity contribution < 1.29 is 14.4 Å². The number of likely N-dealkylation sites (N-methyl/N-ethyl adjacent to an activating group) is 1. The second-order valence-electron chi connectivity index (χ2n) is 11.5. The molecule has 0 bridgehead atoms. The van der Waals surface area contributed by atoms with Gasteiger partial charge in [0.25, 0.3) is 0 Å². The number of hydrogen-bond donors (Lipinski definition) is 3. The Bertz CT molecular complexity index is 1140. The van der Waals surface area contributed by atoms with E-state index in [9.17, 15) is 14.4 Å². The van der Waals surface area contributed by atoms with Crippen molar-refractivity contribution in [3.05, 3.63) is 71.3 Å². The molecule has 0 unspecified atom stereocenters. The number of carbonyl (C=O) groups is 3. The van der Waals surface area contributed by atoms with Crippen LogP contribution < -0.4 is 16.4 Å². The fourth-order valence-electron chi connectivity index (χ4n) is 6.03. The normalized spacial score (nSPS) is 18.6. The van der Waals surface area contributed by atoms with Gasteiger partial charge in [0.1, 0.15) is 6.04 Å². The molecule has 0 radical (unpaired) electrons. The van der Waals surface area contributed by atoms with Crippen molar-refractivity contribution in [1.29, 1.82) is 0 Å².